The summed E-state index contributed by atoms with van der Waals surface area (Å²) in [6, 6.07) is 9.76. The van der Waals surface area contributed by atoms with Crippen LogP contribution in [-0.4, -0.2) is 18.0 Å². The average Bonchev–Trinajstić information content (AvgIpc) is 2.29. The zero-order valence-corrected chi connectivity index (χ0v) is 10.1. The van der Waals surface area contributed by atoms with Gasteiger partial charge in [0.2, 0.25) is 0 Å². The van der Waals surface area contributed by atoms with Crippen LogP contribution in [0.2, 0.25) is 5.02 Å². The molecule has 1 aromatic heterocycles. The van der Waals surface area contributed by atoms with Crippen molar-refractivity contribution in [3.05, 3.63) is 47.6 Å². The molecule has 0 amide bonds. The number of aromatic nitrogens is 1. The summed E-state index contributed by atoms with van der Waals surface area (Å²) in [5.41, 5.74) is 0.960. The van der Waals surface area contributed by atoms with Gasteiger partial charge in [-0.25, -0.2) is 4.98 Å². The third kappa shape index (κ3) is 2.63. The van der Waals surface area contributed by atoms with Crippen molar-refractivity contribution in [1.82, 2.24) is 4.98 Å². The predicted molar refractivity (Wildman–Crippen MR) is 64.5 cm³/mol. The molecule has 6 heteroatoms. The van der Waals surface area contributed by atoms with Crippen LogP contribution < -0.4 is 0 Å². The molecule has 0 saturated carbocycles. The molecule has 0 fully saturated rings. The van der Waals surface area contributed by atoms with Crippen molar-refractivity contribution < 1.29 is 13.0 Å². The second kappa shape index (κ2) is 4.44. The van der Waals surface area contributed by atoms with Crippen LogP contribution >= 0.6 is 11.6 Å². The molecule has 0 spiro atoms. The molecule has 0 atom stereocenters. The Morgan fingerprint density at radius 1 is 1.12 bits per heavy atom. The summed E-state index contributed by atoms with van der Waals surface area (Å²) in [6.07, 6.45) is 1.31. The summed E-state index contributed by atoms with van der Waals surface area (Å²) in [5, 5.41) is 0.188. The van der Waals surface area contributed by atoms with Crippen molar-refractivity contribution in [2.75, 3.05) is 0 Å². The fourth-order valence-electron chi connectivity index (χ4n) is 1.45. The molecule has 0 unspecified atom stereocenters. The minimum absolute atomic E-state index is 0.340. The summed E-state index contributed by atoms with van der Waals surface area (Å²) in [5.74, 6) is 0. The summed E-state index contributed by atoms with van der Waals surface area (Å²) >= 11 is 5.75. The molecule has 1 heterocycles. The summed E-state index contributed by atoms with van der Waals surface area (Å²) in [4.78, 5) is 3.68. The van der Waals surface area contributed by atoms with E-state index < -0.39 is 10.1 Å². The number of hydrogen-bond acceptors (Lipinski definition) is 3. The van der Waals surface area contributed by atoms with Crippen LogP contribution in [0.4, 0.5) is 0 Å². The molecule has 0 aliphatic carbocycles. The zero-order valence-electron chi connectivity index (χ0n) is 8.54. The monoisotopic (exact) mass is 269 g/mol. The average molecular weight is 270 g/mol. The van der Waals surface area contributed by atoms with Crippen LogP contribution in [0.1, 0.15) is 0 Å². The highest BCUT2D eigenvalue weighted by Gasteiger charge is 2.17. The summed E-state index contributed by atoms with van der Waals surface area (Å²) < 4.78 is 31.4. The van der Waals surface area contributed by atoms with Crippen LogP contribution in [0.5, 0.6) is 0 Å². The van der Waals surface area contributed by atoms with Crippen LogP contribution in [0.15, 0.2) is 47.6 Å². The van der Waals surface area contributed by atoms with Gasteiger partial charge in [-0.1, -0.05) is 23.7 Å². The molecule has 1 N–H and O–H groups in total. The highest BCUT2D eigenvalue weighted by Crippen LogP contribution is 2.26. The maximum Gasteiger partial charge on any atom is 0.312 e. The van der Waals surface area contributed by atoms with Gasteiger partial charge in [0, 0.05) is 16.8 Å². The lowest BCUT2D eigenvalue weighted by molar-refractivity contribution is 0.479. The molecular formula is C11H8ClNO3S. The molecule has 0 radical (unpaired) electrons. The first kappa shape index (κ1) is 12.0. The lowest BCUT2D eigenvalue weighted by Gasteiger charge is -2.05. The van der Waals surface area contributed by atoms with Crippen molar-refractivity contribution in [1.29, 1.82) is 0 Å². The van der Waals surface area contributed by atoms with Gasteiger partial charge in [-0.3, -0.25) is 4.55 Å². The smallest absolute Gasteiger partial charge is 0.281 e. The van der Waals surface area contributed by atoms with E-state index in [4.69, 9.17) is 16.2 Å². The van der Waals surface area contributed by atoms with Gasteiger partial charge in [-0.15, -0.1) is 0 Å². The molecule has 0 bridgehead atoms. The number of rotatable bonds is 2. The van der Waals surface area contributed by atoms with Crippen LogP contribution in [0.25, 0.3) is 11.1 Å². The third-order valence-electron chi connectivity index (χ3n) is 2.17. The van der Waals surface area contributed by atoms with Crippen LogP contribution in [0.3, 0.4) is 0 Å². The van der Waals surface area contributed by atoms with Crippen LogP contribution in [0, 0.1) is 0 Å². The van der Waals surface area contributed by atoms with Gasteiger partial charge in [0.15, 0.2) is 5.03 Å². The Kier molecular flexibility index (Phi) is 3.15. The SMILES string of the molecule is O=S(=O)(O)c1ncccc1-c1ccc(Cl)cc1. The van der Waals surface area contributed by atoms with Gasteiger partial charge in [0.1, 0.15) is 0 Å². The summed E-state index contributed by atoms with van der Waals surface area (Å²) in [6.45, 7) is 0. The predicted octanol–water partition coefficient (Wildman–Crippen LogP) is 2.65. The maximum atomic E-state index is 11.2. The topological polar surface area (TPSA) is 67.3 Å². The molecular weight excluding hydrogens is 262 g/mol. The van der Waals surface area contributed by atoms with Crippen molar-refractivity contribution in [3.63, 3.8) is 0 Å². The minimum atomic E-state index is -4.34. The molecule has 0 saturated heterocycles. The minimum Gasteiger partial charge on any atom is -0.281 e. The molecule has 4 nitrogen and oxygen atoms in total. The van der Waals surface area contributed by atoms with E-state index in [1.807, 2.05) is 0 Å². The Bertz CT molecular complexity index is 638. The molecule has 17 heavy (non-hydrogen) atoms. The standard InChI is InChI=1S/C11H8ClNO3S/c12-9-5-3-8(4-6-9)10-2-1-7-13-11(10)17(14,15)16/h1-7H,(H,14,15,16). The Balaban J connectivity index is 2.64. The molecule has 2 rings (SSSR count). The van der Waals surface area contributed by atoms with E-state index in [1.165, 1.54) is 6.20 Å². The van der Waals surface area contributed by atoms with E-state index in [9.17, 15) is 8.42 Å². The van der Waals surface area contributed by atoms with Crippen molar-refractivity contribution >= 4 is 21.7 Å². The largest absolute Gasteiger partial charge is 0.312 e. The van der Waals surface area contributed by atoms with E-state index in [0.717, 1.165) is 0 Å². The van der Waals surface area contributed by atoms with Gasteiger partial charge < -0.3 is 0 Å². The lowest BCUT2D eigenvalue weighted by Crippen LogP contribution is -2.03. The van der Waals surface area contributed by atoms with Gasteiger partial charge in [0.25, 0.3) is 0 Å². The number of pyridine rings is 1. The summed E-state index contributed by atoms with van der Waals surface area (Å²) in [7, 11) is -4.34. The fraction of sp³-hybridized carbons (Fsp3) is 0. The van der Waals surface area contributed by atoms with E-state index >= 15 is 0 Å². The Labute approximate surface area is 104 Å². The first-order valence-electron chi connectivity index (χ1n) is 4.67. The Morgan fingerprint density at radius 3 is 2.35 bits per heavy atom. The first-order valence-corrected chi connectivity index (χ1v) is 6.49. The number of hydrogen-bond donors (Lipinski definition) is 1. The number of halogens is 1. The van der Waals surface area contributed by atoms with Crippen molar-refractivity contribution in [2.45, 2.75) is 5.03 Å². The Morgan fingerprint density at radius 2 is 1.76 bits per heavy atom. The second-order valence-corrected chi connectivity index (χ2v) is 5.11. The van der Waals surface area contributed by atoms with Gasteiger partial charge in [-0.2, -0.15) is 8.42 Å². The van der Waals surface area contributed by atoms with E-state index in [1.54, 1.807) is 36.4 Å². The third-order valence-corrected chi connectivity index (χ3v) is 3.24. The van der Waals surface area contributed by atoms with Crippen molar-refractivity contribution in [3.8, 4) is 11.1 Å². The fourth-order valence-corrected chi connectivity index (χ4v) is 2.23. The maximum absolute atomic E-state index is 11.2. The molecule has 88 valence electrons. The van der Waals surface area contributed by atoms with Crippen LogP contribution in [-0.2, 0) is 10.1 Å². The second-order valence-electron chi connectivity index (χ2n) is 3.34. The number of benzene rings is 1. The van der Waals surface area contributed by atoms with Gasteiger partial charge in [0.05, 0.1) is 0 Å². The first-order chi connectivity index (χ1) is 7.98. The zero-order chi connectivity index (χ0) is 12.5. The normalized spacial score (nSPS) is 11.4. The molecule has 1 aromatic carbocycles. The quantitative estimate of drug-likeness (QED) is 0.851. The highest BCUT2D eigenvalue weighted by molar-refractivity contribution is 7.85. The molecule has 0 aliphatic heterocycles. The van der Waals surface area contributed by atoms with E-state index in [0.29, 0.717) is 16.1 Å². The Hall–Kier alpha value is -1.43. The van der Waals surface area contributed by atoms with Gasteiger partial charge >= 0.3 is 10.1 Å². The highest BCUT2D eigenvalue weighted by atomic mass is 35.5. The van der Waals surface area contributed by atoms with E-state index in [-0.39, 0.29) is 5.03 Å². The number of nitrogens with zero attached hydrogens (tertiary/aromatic N) is 1. The molecule has 2 aromatic rings. The van der Waals surface area contributed by atoms with E-state index in [2.05, 4.69) is 4.98 Å². The van der Waals surface area contributed by atoms with Crippen molar-refractivity contribution in [2.24, 2.45) is 0 Å². The molecule has 0 aliphatic rings. The van der Waals surface area contributed by atoms with Gasteiger partial charge in [-0.05, 0) is 29.8 Å². The lowest BCUT2D eigenvalue weighted by atomic mass is 10.1.